The van der Waals surface area contributed by atoms with Crippen molar-refractivity contribution >= 4 is 11.8 Å². The van der Waals surface area contributed by atoms with Crippen LogP contribution in [0.2, 0.25) is 0 Å². The van der Waals surface area contributed by atoms with E-state index in [4.69, 9.17) is 4.74 Å². The molecule has 0 aromatic heterocycles. The van der Waals surface area contributed by atoms with Gasteiger partial charge in [-0.05, 0) is 54.2 Å². The summed E-state index contributed by atoms with van der Waals surface area (Å²) in [6.45, 7) is 8.85. The van der Waals surface area contributed by atoms with Crippen LogP contribution in [0.15, 0.2) is 78.9 Å². The van der Waals surface area contributed by atoms with Gasteiger partial charge in [0.15, 0.2) is 6.61 Å². The highest BCUT2D eigenvalue weighted by Crippen LogP contribution is 2.18. The van der Waals surface area contributed by atoms with Crippen LogP contribution < -0.4 is 10.1 Å². The Morgan fingerprint density at radius 3 is 2.31 bits per heavy atom. The number of hydrogen-bond acceptors (Lipinski definition) is 3. The van der Waals surface area contributed by atoms with Gasteiger partial charge in [0, 0.05) is 19.5 Å². The van der Waals surface area contributed by atoms with Gasteiger partial charge in [0.05, 0.1) is 0 Å². The molecule has 5 heteroatoms. The molecule has 0 aliphatic heterocycles. The van der Waals surface area contributed by atoms with Gasteiger partial charge in [-0.1, -0.05) is 80.6 Å². The first-order chi connectivity index (χ1) is 16.8. The highest BCUT2D eigenvalue weighted by atomic mass is 16.5. The minimum atomic E-state index is -0.663. The van der Waals surface area contributed by atoms with E-state index in [-0.39, 0.29) is 18.4 Å². The number of carbonyl (C=O) groups excluding carboxylic acids is 2. The minimum Gasteiger partial charge on any atom is -0.484 e. The third kappa shape index (κ3) is 7.99. The maximum absolute atomic E-state index is 13.6. The lowest BCUT2D eigenvalue weighted by atomic mass is 10.0. The lowest BCUT2D eigenvalue weighted by molar-refractivity contribution is -0.142. The summed E-state index contributed by atoms with van der Waals surface area (Å²) in [6, 6.07) is 24.7. The Morgan fingerprint density at radius 2 is 1.63 bits per heavy atom. The number of benzene rings is 3. The van der Waals surface area contributed by atoms with Gasteiger partial charge in [-0.2, -0.15) is 0 Å². The molecule has 0 saturated carbocycles. The van der Waals surface area contributed by atoms with Crippen LogP contribution in [-0.2, 0) is 22.6 Å². The third-order valence-electron chi connectivity index (χ3n) is 5.91. The van der Waals surface area contributed by atoms with Crippen molar-refractivity contribution in [3.63, 3.8) is 0 Å². The lowest BCUT2D eigenvalue weighted by Crippen LogP contribution is -2.52. The molecule has 0 bridgehead atoms. The van der Waals surface area contributed by atoms with E-state index in [9.17, 15) is 9.59 Å². The van der Waals surface area contributed by atoms with Crippen LogP contribution >= 0.6 is 0 Å². The lowest BCUT2D eigenvalue weighted by Gasteiger charge is -2.32. The van der Waals surface area contributed by atoms with Crippen LogP contribution in [-0.4, -0.2) is 35.9 Å². The minimum absolute atomic E-state index is 0.141. The molecule has 0 fully saturated rings. The Labute approximate surface area is 209 Å². The average Bonchev–Trinajstić information content (AvgIpc) is 2.85. The van der Waals surface area contributed by atoms with Crippen molar-refractivity contribution in [1.29, 1.82) is 0 Å². The Bertz CT molecular complexity index is 1110. The standard InChI is InChI=1S/C30H36N2O3/c1-22(2)19-31-30(34)28(18-25-13-6-5-7-14-25)32(20-26-15-9-8-12-24(26)4)29(33)21-35-27-16-10-11-23(3)17-27/h5-17,22,28H,18-21H2,1-4H3,(H,31,34)/t28-/m0/s1. The molecule has 0 unspecified atom stereocenters. The van der Waals surface area contributed by atoms with Gasteiger partial charge < -0.3 is 15.0 Å². The maximum atomic E-state index is 13.6. The first-order valence-corrected chi connectivity index (χ1v) is 12.2. The molecular weight excluding hydrogens is 436 g/mol. The van der Waals surface area contributed by atoms with Crippen LogP contribution in [0.5, 0.6) is 5.75 Å². The summed E-state index contributed by atoms with van der Waals surface area (Å²) >= 11 is 0. The van der Waals surface area contributed by atoms with E-state index in [1.54, 1.807) is 4.90 Å². The number of hydrogen-bond donors (Lipinski definition) is 1. The summed E-state index contributed by atoms with van der Waals surface area (Å²) in [5.41, 5.74) is 4.14. The molecular formula is C30H36N2O3. The molecule has 0 spiro atoms. The van der Waals surface area contributed by atoms with Crippen LogP contribution in [0, 0.1) is 19.8 Å². The van der Waals surface area contributed by atoms with E-state index in [2.05, 4.69) is 19.2 Å². The Kier molecular flexibility index (Phi) is 9.47. The van der Waals surface area contributed by atoms with Gasteiger partial charge in [0.2, 0.25) is 5.91 Å². The fourth-order valence-corrected chi connectivity index (χ4v) is 3.88. The monoisotopic (exact) mass is 472 g/mol. The van der Waals surface area contributed by atoms with Crippen LogP contribution in [0.4, 0.5) is 0 Å². The van der Waals surface area contributed by atoms with Crippen LogP contribution in [0.1, 0.15) is 36.1 Å². The van der Waals surface area contributed by atoms with Crippen molar-refractivity contribution < 1.29 is 14.3 Å². The zero-order valence-electron chi connectivity index (χ0n) is 21.2. The summed E-state index contributed by atoms with van der Waals surface area (Å²) in [4.78, 5) is 28.7. The Morgan fingerprint density at radius 1 is 0.914 bits per heavy atom. The van der Waals surface area contributed by atoms with Crippen LogP contribution in [0.25, 0.3) is 0 Å². The molecule has 3 aromatic carbocycles. The zero-order valence-corrected chi connectivity index (χ0v) is 21.2. The molecule has 2 amide bonds. The number of aryl methyl sites for hydroxylation is 2. The van der Waals surface area contributed by atoms with Crippen molar-refractivity contribution in [2.24, 2.45) is 5.92 Å². The Hall–Kier alpha value is -3.60. The SMILES string of the molecule is Cc1cccc(OCC(=O)N(Cc2ccccc2C)[C@@H](Cc2ccccc2)C(=O)NCC(C)C)c1. The second-order valence-electron chi connectivity index (χ2n) is 9.40. The first kappa shape index (κ1) is 26.0. The first-order valence-electron chi connectivity index (χ1n) is 12.2. The van der Waals surface area contributed by atoms with Gasteiger partial charge in [0.1, 0.15) is 11.8 Å². The van der Waals surface area contributed by atoms with Crippen molar-refractivity contribution in [2.45, 2.75) is 46.7 Å². The number of carbonyl (C=O) groups is 2. The van der Waals surface area contributed by atoms with E-state index in [0.29, 0.717) is 31.2 Å². The van der Waals surface area contributed by atoms with Crippen molar-refractivity contribution in [1.82, 2.24) is 10.2 Å². The van der Waals surface area contributed by atoms with Gasteiger partial charge in [-0.3, -0.25) is 9.59 Å². The number of nitrogens with zero attached hydrogens (tertiary/aromatic N) is 1. The molecule has 184 valence electrons. The summed E-state index contributed by atoms with van der Waals surface area (Å²) in [5, 5.41) is 3.05. The predicted molar refractivity (Wildman–Crippen MR) is 140 cm³/mol. The highest BCUT2D eigenvalue weighted by molar-refractivity contribution is 5.88. The van der Waals surface area contributed by atoms with Gasteiger partial charge in [0.25, 0.3) is 5.91 Å². The van der Waals surface area contributed by atoms with E-state index < -0.39 is 6.04 Å². The topological polar surface area (TPSA) is 58.6 Å². The number of nitrogens with one attached hydrogen (secondary N) is 1. The summed E-state index contributed by atoms with van der Waals surface area (Å²) < 4.78 is 5.85. The second kappa shape index (κ2) is 12.7. The molecule has 3 rings (SSSR count). The summed E-state index contributed by atoms with van der Waals surface area (Å²) in [6.07, 6.45) is 0.423. The zero-order chi connectivity index (χ0) is 25.2. The number of amides is 2. The molecule has 1 N–H and O–H groups in total. The Balaban J connectivity index is 1.91. The second-order valence-corrected chi connectivity index (χ2v) is 9.40. The molecule has 5 nitrogen and oxygen atoms in total. The summed E-state index contributed by atoms with van der Waals surface area (Å²) in [5.74, 6) is 0.565. The smallest absolute Gasteiger partial charge is 0.261 e. The molecule has 0 aliphatic carbocycles. The van der Waals surface area contributed by atoms with E-state index in [0.717, 1.165) is 22.3 Å². The predicted octanol–water partition coefficient (Wildman–Crippen LogP) is 5.09. The molecule has 0 heterocycles. The average molecular weight is 473 g/mol. The quantitative estimate of drug-likeness (QED) is 0.423. The number of ether oxygens (including phenoxy) is 1. The molecule has 0 saturated heterocycles. The molecule has 0 radical (unpaired) electrons. The largest absolute Gasteiger partial charge is 0.484 e. The van der Waals surface area contributed by atoms with Crippen molar-refractivity contribution in [3.05, 3.63) is 101 Å². The van der Waals surface area contributed by atoms with Gasteiger partial charge in [-0.25, -0.2) is 0 Å². The molecule has 35 heavy (non-hydrogen) atoms. The van der Waals surface area contributed by atoms with Crippen molar-refractivity contribution in [2.75, 3.05) is 13.2 Å². The molecule has 0 aliphatic rings. The maximum Gasteiger partial charge on any atom is 0.261 e. The van der Waals surface area contributed by atoms with E-state index in [1.165, 1.54) is 0 Å². The number of rotatable bonds is 11. The normalized spacial score (nSPS) is 11.7. The fraction of sp³-hybridized carbons (Fsp3) is 0.333. The highest BCUT2D eigenvalue weighted by Gasteiger charge is 2.31. The van der Waals surface area contributed by atoms with Gasteiger partial charge in [-0.15, -0.1) is 0 Å². The summed E-state index contributed by atoms with van der Waals surface area (Å²) in [7, 11) is 0. The molecule has 1 atom stereocenters. The third-order valence-corrected chi connectivity index (χ3v) is 5.91. The van der Waals surface area contributed by atoms with Crippen molar-refractivity contribution in [3.8, 4) is 5.75 Å². The fourth-order valence-electron chi connectivity index (χ4n) is 3.88. The van der Waals surface area contributed by atoms with E-state index in [1.807, 2.05) is 92.7 Å². The van der Waals surface area contributed by atoms with Crippen LogP contribution in [0.3, 0.4) is 0 Å². The molecule has 3 aromatic rings. The van der Waals surface area contributed by atoms with Gasteiger partial charge >= 0.3 is 0 Å². The van der Waals surface area contributed by atoms with E-state index >= 15 is 0 Å².